The molecule has 30 heavy (non-hydrogen) atoms. The van der Waals surface area contributed by atoms with Gasteiger partial charge in [0.25, 0.3) is 5.91 Å². The number of terminal acetylenes is 1. The number of benzene rings is 2. The molecule has 0 bridgehead atoms. The molecule has 0 fully saturated rings. The van der Waals surface area contributed by atoms with E-state index in [-0.39, 0.29) is 23.4 Å². The van der Waals surface area contributed by atoms with Gasteiger partial charge >= 0.3 is 0 Å². The van der Waals surface area contributed by atoms with Crippen molar-refractivity contribution in [1.82, 2.24) is 14.6 Å². The summed E-state index contributed by atoms with van der Waals surface area (Å²) in [5, 5.41) is 0. The minimum atomic E-state index is -3.71. The van der Waals surface area contributed by atoms with E-state index in [0.717, 1.165) is 11.3 Å². The summed E-state index contributed by atoms with van der Waals surface area (Å²) in [6.07, 6.45) is 6.79. The number of nitrogens with one attached hydrogen (secondary N) is 1. The second-order valence-corrected chi connectivity index (χ2v) is 8.30. The number of hydrogen-bond donors (Lipinski definition) is 1. The molecule has 3 rings (SSSR count). The van der Waals surface area contributed by atoms with Gasteiger partial charge in [0.1, 0.15) is 0 Å². The third-order valence-corrected chi connectivity index (χ3v) is 5.98. The fraction of sp³-hybridized carbons (Fsp3) is 0.130. The molecule has 0 radical (unpaired) electrons. The monoisotopic (exact) mass is 419 g/mol. The van der Waals surface area contributed by atoms with Crippen molar-refractivity contribution in [3.05, 3.63) is 95.8 Å². The molecule has 0 aliphatic heterocycles. The summed E-state index contributed by atoms with van der Waals surface area (Å²) in [5.41, 5.74) is 2.02. The Hall–Kier alpha value is -3.47. The number of pyridine rings is 1. The number of sulfonamides is 1. The fourth-order valence-corrected chi connectivity index (χ4v) is 4.02. The predicted octanol–water partition coefficient (Wildman–Crippen LogP) is 2.85. The molecule has 0 unspecified atom stereocenters. The Morgan fingerprint density at radius 1 is 1.07 bits per heavy atom. The van der Waals surface area contributed by atoms with E-state index in [9.17, 15) is 13.2 Å². The summed E-state index contributed by atoms with van der Waals surface area (Å²) in [6, 6.07) is 20.5. The zero-order valence-corrected chi connectivity index (χ0v) is 17.2. The van der Waals surface area contributed by atoms with Crippen molar-refractivity contribution >= 4 is 15.9 Å². The summed E-state index contributed by atoms with van der Waals surface area (Å²) in [4.78, 5) is 19.2. The van der Waals surface area contributed by atoms with Crippen molar-refractivity contribution in [2.75, 3.05) is 13.6 Å². The third kappa shape index (κ3) is 4.74. The van der Waals surface area contributed by atoms with E-state index in [1.54, 1.807) is 18.1 Å². The minimum absolute atomic E-state index is 0.0429. The number of nitrogens with zero attached hydrogens (tertiary/aromatic N) is 2. The normalized spacial score (nSPS) is 12.0. The van der Waals surface area contributed by atoms with Gasteiger partial charge in [-0.15, -0.1) is 6.42 Å². The van der Waals surface area contributed by atoms with Gasteiger partial charge in [-0.25, -0.2) is 8.42 Å². The van der Waals surface area contributed by atoms with Gasteiger partial charge in [0.05, 0.1) is 23.2 Å². The Bertz CT molecular complexity index is 1100. The first kappa shape index (κ1) is 21.2. The molecule has 1 N–H and O–H groups in total. The van der Waals surface area contributed by atoms with Crippen molar-refractivity contribution in [2.45, 2.75) is 10.9 Å². The zero-order valence-electron chi connectivity index (χ0n) is 16.4. The van der Waals surface area contributed by atoms with Gasteiger partial charge in [-0.3, -0.25) is 9.78 Å². The number of carbonyl (C=O) groups excluding carboxylic acids is 1. The number of hydrogen-bond acceptors (Lipinski definition) is 4. The molecule has 1 amide bonds. The molecule has 1 atom stereocenters. The molecule has 1 heterocycles. The van der Waals surface area contributed by atoms with Crippen LogP contribution in [0.2, 0.25) is 0 Å². The quantitative estimate of drug-likeness (QED) is 0.598. The summed E-state index contributed by atoms with van der Waals surface area (Å²) in [6.45, 7) is -0.103. The van der Waals surface area contributed by atoms with Crippen LogP contribution in [0.15, 0.2) is 83.9 Å². The van der Waals surface area contributed by atoms with Crippen molar-refractivity contribution in [2.24, 2.45) is 0 Å². The van der Waals surface area contributed by atoms with Crippen LogP contribution in [0.1, 0.15) is 27.7 Å². The van der Waals surface area contributed by atoms with Crippen LogP contribution in [0.3, 0.4) is 0 Å². The Balaban J connectivity index is 1.90. The molecule has 152 valence electrons. The molecule has 0 aliphatic carbocycles. The van der Waals surface area contributed by atoms with Gasteiger partial charge in [-0.1, -0.05) is 42.3 Å². The van der Waals surface area contributed by atoms with E-state index in [1.165, 1.54) is 24.3 Å². The Labute approximate surface area is 176 Å². The summed E-state index contributed by atoms with van der Waals surface area (Å²) >= 11 is 0. The highest BCUT2D eigenvalue weighted by Gasteiger charge is 2.25. The SMILES string of the molecule is C#CCNS(=O)(=O)c1ccc(C(=O)N(C)[C@@H](c2ccccc2)c2ccccn2)cc1. The van der Waals surface area contributed by atoms with E-state index >= 15 is 0 Å². The minimum Gasteiger partial charge on any atom is -0.329 e. The van der Waals surface area contributed by atoms with E-state index in [2.05, 4.69) is 15.6 Å². The van der Waals surface area contributed by atoms with E-state index in [4.69, 9.17) is 6.42 Å². The van der Waals surface area contributed by atoms with Crippen LogP contribution in [0.5, 0.6) is 0 Å². The molecule has 0 aliphatic rings. The van der Waals surface area contributed by atoms with Gasteiger partial charge in [0.2, 0.25) is 10.0 Å². The van der Waals surface area contributed by atoms with Crippen LogP contribution in [-0.2, 0) is 10.0 Å². The van der Waals surface area contributed by atoms with Crippen molar-refractivity contribution in [1.29, 1.82) is 0 Å². The molecule has 1 aromatic heterocycles. The van der Waals surface area contributed by atoms with Crippen LogP contribution in [0.25, 0.3) is 0 Å². The molecule has 0 spiro atoms. The van der Waals surface area contributed by atoms with Crippen LogP contribution in [-0.4, -0.2) is 37.8 Å². The second-order valence-electron chi connectivity index (χ2n) is 6.54. The van der Waals surface area contributed by atoms with Gasteiger partial charge in [0, 0.05) is 18.8 Å². The summed E-state index contributed by atoms with van der Waals surface area (Å²) in [7, 11) is -2.01. The highest BCUT2D eigenvalue weighted by molar-refractivity contribution is 7.89. The second kappa shape index (κ2) is 9.35. The maximum Gasteiger partial charge on any atom is 0.254 e. The van der Waals surface area contributed by atoms with Gasteiger partial charge in [-0.05, 0) is 42.0 Å². The van der Waals surface area contributed by atoms with Crippen LogP contribution >= 0.6 is 0 Å². The number of rotatable bonds is 7. The van der Waals surface area contributed by atoms with Gasteiger partial charge < -0.3 is 4.90 Å². The zero-order chi connectivity index (χ0) is 21.6. The molecule has 0 saturated heterocycles. The van der Waals surface area contributed by atoms with Crippen LogP contribution in [0.4, 0.5) is 0 Å². The maximum absolute atomic E-state index is 13.2. The molecule has 6 nitrogen and oxygen atoms in total. The lowest BCUT2D eigenvalue weighted by Gasteiger charge is -2.28. The lowest BCUT2D eigenvalue weighted by atomic mass is 10.0. The fourth-order valence-electron chi connectivity index (χ4n) is 3.08. The smallest absolute Gasteiger partial charge is 0.254 e. The van der Waals surface area contributed by atoms with Crippen LogP contribution < -0.4 is 4.72 Å². The first-order valence-corrected chi connectivity index (χ1v) is 10.7. The molecule has 2 aromatic carbocycles. The first-order valence-electron chi connectivity index (χ1n) is 9.20. The van der Waals surface area contributed by atoms with E-state index < -0.39 is 10.0 Å². The predicted molar refractivity (Wildman–Crippen MR) is 115 cm³/mol. The first-order chi connectivity index (χ1) is 14.4. The van der Waals surface area contributed by atoms with Gasteiger partial charge in [0.15, 0.2) is 0 Å². The van der Waals surface area contributed by atoms with Gasteiger partial charge in [-0.2, -0.15) is 4.72 Å². The molecule has 3 aromatic rings. The van der Waals surface area contributed by atoms with Crippen molar-refractivity contribution < 1.29 is 13.2 Å². The molecular formula is C23H21N3O3S. The van der Waals surface area contributed by atoms with E-state index in [1.807, 2.05) is 48.5 Å². The molecule has 7 heteroatoms. The Kier molecular flexibility index (Phi) is 6.62. The maximum atomic E-state index is 13.2. The average Bonchev–Trinajstić information content (AvgIpc) is 2.79. The van der Waals surface area contributed by atoms with Crippen molar-refractivity contribution in [3.8, 4) is 12.3 Å². The lowest BCUT2D eigenvalue weighted by molar-refractivity contribution is 0.0752. The highest BCUT2D eigenvalue weighted by atomic mass is 32.2. The standard InChI is InChI=1S/C23H21N3O3S/c1-3-16-25-30(28,29)20-14-12-19(13-15-20)23(27)26(2)22(18-9-5-4-6-10-18)21-11-7-8-17-24-21/h1,4-15,17,22,25H,16H2,2H3/t22-/m0/s1. The topological polar surface area (TPSA) is 79.4 Å². The largest absolute Gasteiger partial charge is 0.329 e. The third-order valence-electron chi connectivity index (χ3n) is 4.57. The highest BCUT2D eigenvalue weighted by Crippen LogP contribution is 2.27. The van der Waals surface area contributed by atoms with Crippen LogP contribution in [0, 0.1) is 12.3 Å². The summed E-state index contributed by atoms with van der Waals surface area (Å²) in [5.74, 6) is 1.97. The number of aromatic nitrogens is 1. The van der Waals surface area contributed by atoms with E-state index in [0.29, 0.717) is 5.56 Å². The number of carbonyl (C=O) groups is 1. The van der Waals surface area contributed by atoms with Crippen molar-refractivity contribution in [3.63, 3.8) is 0 Å². The number of amides is 1. The lowest BCUT2D eigenvalue weighted by Crippen LogP contribution is -2.32. The molecule has 0 saturated carbocycles. The Morgan fingerprint density at radius 2 is 1.73 bits per heavy atom. The Morgan fingerprint density at radius 3 is 2.33 bits per heavy atom. The summed E-state index contributed by atoms with van der Waals surface area (Å²) < 4.78 is 26.6. The molecular weight excluding hydrogens is 398 g/mol. The average molecular weight is 420 g/mol.